The predicted octanol–water partition coefficient (Wildman–Crippen LogP) is -0.217. The van der Waals surface area contributed by atoms with Crippen molar-refractivity contribution in [2.75, 3.05) is 57.0 Å². The predicted molar refractivity (Wildman–Crippen MR) is 89.2 cm³/mol. The average Bonchev–Trinajstić information content (AvgIpc) is 2.97. The third-order valence-electron chi connectivity index (χ3n) is 4.43. The van der Waals surface area contributed by atoms with Crippen LogP contribution in [-0.4, -0.2) is 72.5 Å². The number of rotatable bonds is 5. The molecule has 0 radical (unpaired) electrons. The lowest BCUT2D eigenvalue weighted by molar-refractivity contribution is -0.128. The average molecular weight is 333 g/mol. The van der Waals surface area contributed by atoms with Gasteiger partial charge >= 0.3 is 0 Å². The second kappa shape index (κ2) is 7.59. The van der Waals surface area contributed by atoms with Gasteiger partial charge in [-0.3, -0.25) is 14.5 Å². The summed E-state index contributed by atoms with van der Waals surface area (Å²) in [7, 11) is 0. The molecule has 2 aliphatic rings. The largest absolute Gasteiger partial charge is 0.384 e. The van der Waals surface area contributed by atoms with Crippen LogP contribution >= 0.6 is 0 Å². The van der Waals surface area contributed by atoms with Gasteiger partial charge in [0.25, 0.3) is 0 Å². The molecular weight excluding hydrogens is 310 g/mol. The Labute approximate surface area is 140 Å². The maximum absolute atomic E-state index is 12.3. The Morgan fingerprint density at radius 3 is 2.83 bits per heavy atom. The molecule has 2 aliphatic heterocycles. The summed E-state index contributed by atoms with van der Waals surface area (Å²) in [5, 5.41) is 2.79. The minimum Gasteiger partial charge on any atom is -0.384 e. The van der Waals surface area contributed by atoms with E-state index in [9.17, 15) is 9.59 Å². The number of amides is 2. The molecule has 0 bridgehead atoms. The summed E-state index contributed by atoms with van der Waals surface area (Å²) in [6, 6.07) is 3.33. The number of aromatic nitrogens is 1. The van der Waals surface area contributed by atoms with E-state index >= 15 is 0 Å². The highest BCUT2D eigenvalue weighted by molar-refractivity contribution is 5.97. The topological polar surface area (TPSA) is 101 Å². The lowest BCUT2D eigenvalue weighted by atomic mass is 10.1. The second-order valence-corrected chi connectivity index (χ2v) is 6.16. The first-order valence-corrected chi connectivity index (χ1v) is 8.22. The number of anilines is 2. The van der Waals surface area contributed by atoms with Gasteiger partial charge in [-0.15, -0.1) is 0 Å². The standard InChI is InChI=1S/C16H23N5O3/c17-14-2-1-13(10-18-14)19-16(23)12-9-15(22)21(11-12)4-3-20-5-7-24-8-6-20/h1-2,10,12H,3-9,11H2,(H2,17,18)(H,19,23). The van der Waals surface area contributed by atoms with E-state index in [0.29, 0.717) is 24.6 Å². The molecule has 1 aromatic heterocycles. The van der Waals surface area contributed by atoms with Crippen molar-refractivity contribution in [3.63, 3.8) is 0 Å². The van der Waals surface area contributed by atoms with Crippen molar-refractivity contribution in [2.24, 2.45) is 5.92 Å². The van der Waals surface area contributed by atoms with Crippen LogP contribution in [0.25, 0.3) is 0 Å². The van der Waals surface area contributed by atoms with Crippen LogP contribution in [0, 0.1) is 5.92 Å². The Morgan fingerprint density at radius 2 is 2.12 bits per heavy atom. The van der Waals surface area contributed by atoms with Crippen molar-refractivity contribution in [2.45, 2.75) is 6.42 Å². The molecule has 1 aromatic rings. The fourth-order valence-electron chi connectivity index (χ4n) is 2.97. The Bertz CT molecular complexity index is 586. The van der Waals surface area contributed by atoms with Gasteiger partial charge in [0.15, 0.2) is 0 Å². The summed E-state index contributed by atoms with van der Waals surface area (Å²) < 4.78 is 5.32. The van der Waals surface area contributed by atoms with E-state index in [-0.39, 0.29) is 24.2 Å². The number of nitrogens with zero attached hydrogens (tertiary/aromatic N) is 3. The lowest BCUT2D eigenvalue weighted by Crippen LogP contribution is -2.42. The third-order valence-corrected chi connectivity index (χ3v) is 4.43. The molecule has 2 fully saturated rings. The van der Waals surface area contributed by atoms with Gasteiger partial charge in [-0.1, -0.05) is 0 Å². The smallest absolute Gasteiger partial charge is 0.229 e. The molecule has 1 atom stereocenters. The van der Waals surface area contributed by atoms with E-state index < -0.39 is 0 Å². The lowest BCUT2D eigenvalue weighted by Gasteiger charge is -2.28. The monoisotopic (exact) mass is 333 g/mol. The van der Waals surface area contributed by atoms with Crippen LogP contribution in [0.1, 0.15) is 6.42 Å². The van der Waals surface area contributed by atoms with Gasteiger partial charge in [-0.05, 0) is 12.1 Å². The molecule has 2 amide bonds. The normalized spacial score (nSPS) is 21.9. The van der Waals surface area contributed by atoms with E-state index in [0.717, 1.165) is 32.8 Å². The van der Waals surface area contributed by atoms with Crippen molar-refractivity contribution in [3.05, 3.63) is 18.3 Å². The Balaban J connectivity index is 1.48. The molecular formula is C16H23N5O3. The minimum atomic E-state index is -0.320. The number of nitrogens with two attached hydrogens (primary N) is 1. The number of morpholine rings is 1. The number of carbonyl (C=O) groups is 2. The first kappa shape index (κ1) is 16.7. The SMILES string of the molecule is Nc1ccc(NC(=O)C2CC(=O)N(CCN3CCOCC3)C2)cn1. The van der Waals surface area contributed by atoms with E-state index in [4.69, 9.17) is 10.5 Å². The Kier molecular flexibility index (Phi) is 5.27. The van der Waals surface area contributed by atoms with Crippen molar-refractivity contribution in [1.82, 2.24) is 14.8 Å². The zero-order valence-electron chi connectivity index (χ0n) is 13.6. The summed E-state index contributed by atoms with van der Waals surface area (Å²) in [5.41, 5.74) is 6.12. The molecule has 24 heavy (non-hydrogen) atoms. The van der Waals surface area contributed by atoms with Gasteiger partial charge < -0.3 is 20.7 Å². The van der Waals surface area contributed by atoms with Gasteiger partial charge in [0.05, 0.1) is 31.0 Å². The van der Waals surface area contributed by atoms with Gasteiger partial charge in [-0.2, -0.15) is 0 Å². The van der Waals surface area contributed by atoms with Gasteiger partial charge in [0, 0.05) is 39.1 Å². The summed E-state index contributed by atoms with van der Waals surface area (Å²) in [6.45, 7) is 5.24. The molecule has 3 heterocycles. The molecule has 2 saturated heterocycles. The highest BCUT2D eigenvalue weighted by Crippen LogP contribution is 2.20. The third kappa shape index (κ3) is 4.21. The van der Waals surface area contributed by atoms with E-state index in [1.807, 2.05) is 0 Å². The molecule has 0 spiro atoms. The van der Waals surface area contributed by atoms with Crippen LogP contribution in [0.5, 0.6) is 0 Å². The Hall–Kier alpha value is -2.19. The molecule has 3 rings (SSSR count). The molecule has 0 saturated carbocycles. The zero-order chi connectivity index (χ0) is 16.9. The van der Waals surface area contributed by atoms with Crippen LogP contribution in [0.2, 0.25) is 0 Å². The van der Waals surface area contributed by atoms with Crippen LogP contribution < -0.4 is 11.1 Å². The maximum atomic E-state index is 12.3. The van der Waals surface area contributed by atoms with Crippen molar-refractivity contribution >= 4 is 23.3 Å². The van der Waals surface area contributed by atoms with Gasteiger partial charge in [0.1, 0.15) is 5.82 Å². The molecule has 3 N–H and O–H groups in total. The molecule has 1 unspecified atom stereocenters. The highest BCUT2D eigenvalue weighted by Gasteiger charge is 2.34. The first-order chi connectivity index (χ1) is 11.6. The molecule has 8 nitrogen and oxygen atoms in total. The summed E-state index contributed by atoms with van der Waals surface area (Å²) >= 11 is 0. The first-order valence-electron chi connectivity index (χ1n) is 8.22. The number of nitrogen functional groups attached to an aromatic ring is 1. The van der Waals surface area contributed by atoms with Crippen molar-refractivity contribution in [3.8, 4) is 0 Å². The molecule has 8 heteroatoms. The van der Waals surface area contributed by atoms with Crippen LogP contribution in [0.3, 0.4) is 0 Å². The second-order valence-electron chi connectivity index (χ2n) is 6.16. The minimum absolute atomic E-state index is 0.0406. The number of likely N-dealkylation sites (tertiary alicyclic amines) is 1. The van der Waals surface area contributed by atoms with Crippen molar-refractivity contribution < 1.29 is 14.3 Å². The van der Waals surface area contributed by atoms with E-state index in [1.54, 1.807) is 17.0 Å². The maximum Gasteiger partial charge on any atom is 0.229 e. The Morgan fingerprint density at radius 1 is 1.33 bits per heavy atom. The van der Waals surface area contributed by atoms with Crippen LogP contribution in [0.4, 0.5) is 11.5 Å². The van der Waals surface area contributed by atoms with Crippen LogP contribution in [-0.2, 0) is 14.3 Å². The fourth-order valence-corrected chi connectivity index (χ4v) is 2.97. The van der Waals surface area contributed by atoms with E-state index in [1.165, 1.54) is 6.20 Å². The van der Waals surface area contributed by atoms with Gasteiger partial charge in [0.2, 0.25) is 11.8 Å². The number of nitrogens with one attached hydrogen (secondary N) is 1. The fraction of sp³-hybridized carbons (Fsp3) is 0.562. The zero-order valence-corrected chi connectivity index (χ0v) is 13.6. The number of carbonyl (C=O) groups excluding carboxylic acids is 2. The summed E-state index contributed by atoms with van der Waals surface area (Å²) in [5.74, 6) is -0.0271. The molecule has 0 aromatic carbocycles. The van der Waals surface area contributed by atoms with Crippen molar-refractivity contribution in [1.29, 1.82) is 0 Å². The highest BCUT2D eigenvalue weighted by atomic mass is 16.5. The van der Waals surface area contributed by atoms with E-state index in [2.05, 4.69) is 15.2 Å². The number of ether oxygens (including phenoxy) is 1. The number of pyridine rings is 1. The van der Waals surface area contributed by atoms with Gasteiger partial charge in [-0.25, -0.2) is 4.98 Å². The molecule has 130 valence electrons. The quantitative estimate of drug-likeness (QED) is 0.773. The summed E-state index contributed by atoms with van der Waals surface area (Å²) in [4.78, 5) is 32.5. The van der Waals surface area contributed by atoms with Crippen LogP contribution in [0.15, 0.2) is 18.3 Å². The summed E-state index contributed by atoms with van der Waals surface area (Å²) in [6.07, 6.45) is 1.78. The number of hydrogen-bond acceptors (Lipinski definition) is 6. The number of hydrogen-bond donors (Lipinski definition) is 2. The molecule has 0 aliphatic carbocycles.